The van der Waals surface area contributed by atoms with E-state index in [9.17, 15) is 31.5 Å². The molecule has 0 aliphatic rings. The van der Waals surface area contributed by atoms with Gasteiger partial charge in [-0.25, -0.2) is 8.78 Å². The Hall–Kier alpha value is -2.68. The van der Waals surface area contributed by atoms with Gasteiger partial charge in [0.2, 0.25) is 5.91 Å². The van der Waals surface area contributed by atoms with Crippen LogP contribution in [0.25, 0.3) is 0 Å². The van der Waals surface area contributed by atoms with Crippen molar-refractivity contribution < 1.29 is 31.5 Å². The smallest absolute Gasteiger partial charge is 0.348 e. The molecule has 10 heteroatoms. The number of carbonyl (C=O) groups excluding carboxylic acids is 2. The molecule has 2 aromatic rings. The molecular weight excluding hydrogens is 455 g/mol. The van der Waals surface area contributed by atoms with Gasteiger partial charge in [-0.3, -0.25) is 9.59 Å². The van der Waals surface area contributed by atoms with Crippen molar-refractivity contribution >= 4 is 29.1 Å². The molecule has 32 heavy (non-hydrogen) atoms. The summed E-state index contributed by atoms with van der Waals surface area (Å²) in [5.74, 6) is -3.50. The van der Waals surface area contributed by atoms with E-state index in [4.69, 9.17) is 11.6 Å². The summed E-state index contributed by atoms with van der Waals surface area (Å²) >= 11 is 5.63. The summed E-state index contributed by atoms with van der Waals surface area (Å²) in [5.41, 5.74) is -1.65. The van der Waals surface area contributed by atoms with Gasteiger partial charge in [-0.1, -0.05) is 19.9 Å². The Balaban J connectivity index is 2.38. The summed E-state index contributed by atoms with van der Waals surface area (Å²) in [6.07, 6.45) is -4.27. The van der Waals surface area contributed by atoms with E-state index in [-0.39, 0.29) is 35.8 Å². The first-order valence-electron chi connectivity index (χ1n) is 9.73. The maximum atomic E-state index is 13.8. The van der Waals surface area contributed by atoms with Crippen molar-refractivity contribution in [2.45, 2.75) is 33.0 Å². The Labute approximate surface area is 187 Å². The maximum absolute atomic E-state index is 13.8. The van der Waals surface area contributed by atoms with Crippen LogP contribution in [0.2, 0.25) is 0 Å². The number of amides is 2. The van der Waals surface area contributed by atoms with E-state index < -0.39 is 41.1 Å². The highest BCUT2D eigenvalue weighted by Crippen LogP contribution is 2.33. The molecule has 174 valence electrons. The Kier molecular flexibility index (Phi) is 8.60. The molecule has 0 aliphatic carbocycles. The fraction of sp³-hybridized carbons (Fsp3) is 0.364. The van der Waals surface area contributed by atoms with Gasteiger partial charge in [-0.05, 0) is 36.6 Å². The second kappa shape index (κ2) is 10.8. The standard InChI is InChI=1S/C22H22ClF5N2O2/c1-13(2)5-6-30(20(31)11-23)18-8-15(7-16(9-18)22(26,27)28)21(32)29-12-14-3-4-17(24)10-19(14)25/h3-4,7-10,13H,5-6,11-12H2,1-2H3,(H,29,32). The summed E-state index contributed by atoms with van der Waals surface area (Å²) in [6.45, 7) is 3.53. The number of hydrogen-bond acceptors (Lipinski definition) is 2. The minimum Gasteiger partial charge on any atom is -0.348 e. The topological polar surface area (TPSA) is 49.4 Å². The number of rotatable bonds is 8. The van der Waals surface area contributed by atoms with Crippen LogP contribution in [0.15, 0.2) is 36.4 Å². The van der Waals surface area contributed by atoms with Crippen LogP contribution in [0.1, 0.15) is 41.8 Å². The summed E-state index contributed by atoms with van der Waals surface area (Å²) < 4.78 is 67.2. The molecule has 0 spiro atoms. The van der Waals surface area contributed by atoms with Gasteiger partial charge in [0.05, 0.1) is 5.56 Å². The largest absolute Gasteiger partial charge is 0.416 e. The van der Waals surface area contributed by atoms with Gasteiger partial charge >= 0.3 is 6.18 Å². The predicted octanol–water partition coefficient (Wildman–Crippen LogP) is 5.53. The molecule has 0 aromatic heterocycles. The van der Waals surface area contributed by atoms with Crippen LogP contribution in [-0.4, -0.2) is 24.2 Å². The summed E-state index contributed by atoms with van der Waals surface area (Å²) in [5, 5.41) is 2.32. The summed E-state index contributed by atoms with van der Waals surface area (Å²) in [7, 11) is 0. The molecule has 2 rings (SSSR count). The molecule has 0 radical (unpaired) electrons. The normalized spacial score (nSPS) is 11.5. The molecule has 0 bridgehead atoms. The molecule has 0 unspecified atom stereocenters. The van der Waals surface area contributed by atoms with Gasteiger partial charge in [0.15, 0.2) is 0 Å². The van der Waals surface area contributed by atoms with Crippen molar-refractivity contribution in [3.8, 4) is 0 Å². The zero-order valence-electron chi connectivity index (χ0n) is 17.4. The van der Waals surface area contributed by atoms with E-state index in [1.807, 2.05) is 13.8 Å². The van der Waals surface area contributed by atoms with Gasteiger partial charge in [-0.2, -0.15) is 13.2 Å². The predicted molar refractivity (Wildman–Crippen MR) is 112 cm³/mol. The second-order valence-electron chi connectivity index (χ2n) is 7.55. The molecular formula is C22H22ClF5N2O2. The molecule has 0 atom stereocenters. The SMILES string of the molecule is CC(C)CCN(C(=O)CCl)c1cc(C(=O)NCc2ccc(F)cc2F)cc(C(F)(F)F)c1. The van der Waals surface area contributed by atoms with Crippen molar-refractivity contribution in [1.82, 2.24) is 5.32 Å². The Morgan fingerprint density at radius 3 is 2.34 bits per heavy atom. The second-order valence-corrected chi connectivity index (χ2v) is 7.81. The summed E-state index contributed by atoms with van der Waals surface area (Å²) in [6, 6.07) is 5.32. The maximum Gasteiger partial charge on any atom is 0.416 e. The number of benzene rings is 2. The number of alkyl halides is 4. The number of hydrogen-bond donors (Lipinski definition) is 1. The number of nitrogens with zero attached hydrogens (tertiary/aromatic N) is 1. The molecule has 1 N–H and O–H groups in total. The third-order valence-corrected chi connectivity index (χ3v) is 4.85. The average Bonchev–Trinajstić information content (AvgIpc) is 2.71. The number of carbonyl (C=O) groups is 2. The highest BCUT2D eigenvalue weighted by molar-refractivity contribution is 6.29. The minimum atomic E-state index is -4.78. The highest BCUT2D eigenvalue weighted by atomic mass is 35.5. The lowest BCUT2D eigenvalue weighted by Gasteiger charge is -2.24. The van der Waals surface area contributed by atoms with Gasteiger partial charge in [0, 0.05) is 36.0 Å². The Morgan fingerprint density at radius 1 is 1.09 bits per heavy atom. The fourth-order valence-electron chi connectivity index (χ4n) is 2.86. The lowest BCUT2D eigenvalue weighted by Crippen LogP contribution is -2.34. The third-order valence-electron chi connectivity index (χ3n) is 4.62. The van der Waals surface area contributed by atoms with Crippen molar-refractivity contribution in [2.75, 3.05) is 17.3 Å². The number of nitrogens with one attached hydrogen (secondary N) is 1. The average molecular weight is 477 g/mol. The van der Waals surface area contributed by atoms with E-state index in [1.54, 1.807) is 0 Å². The van der Waals surface area contributed by atoms with E-state index >= 15 is 0 Å². The zero-order valence-corrected chi connectivity index (χ0v) is 18.2. The van der Waals surface area contributed by atoms with Crippen LogP contribution in [0.3, 0.4) is 0 Å². The van der Waals surface area contributed by atoms with Crippen LogP contribution in [0, 0.1) is 17.6 Å². The molecule has 0 saturated heterocycles. The fourth-order valence-corrected chi connectivity index (χ4v) is 3.01. The third kappa shape index (κ3) is 6.91. The minimum absolute atomic E-state index is 0.0390. The van der Waals surface area contributed by atoms with Crippen molar-refractivity contribution in [2.24, 2.45) is 5.92 Å². The van der Waals surface area contributed by atoms with Crippen molar-refractivity contribution in [3.63, 3.8) is 0 Å². The van der Waals surface area contributed by atoms with E-state index in [0.717, 1.165) is 29.2 Å². The molecule has 0 saturated carbocycles. The Bertz CT molecular complexity index is 979. The first-order chi connectivity index (χ1) is 14.9. The quantitative estimate of drug-likeness (QED) is 0.402. The Morgan fingerprint density at radius 2 is 1.78 bits per heavy atom. The van der Waals surface area contributed by atoms with Crippen LogP contribution >= 0.6 is 11.6 Å². The van der Waals surface area contributed by atoms with Gasteiger partial charge < -0.3 is 10.2 Å². The van der Waals surface area contributed by atoms with Gasteiger partial charge in [0.25, 0.3) is 5.91 Å². The monoisotopic (exact) mass is 476 g/mol. The van der Waals surface area contributed by atoms with Gasteiger partial charge in [-0.15, -0.1) is 11.6 Å². The van der Waals surface area contributed by atoms with Crippen molar-refractivity contribution in [3.05, 3.63) is 64.7 Å². The molecule has 0 fully saturated rings. The first kappa shape index (κ1) is 25.6. The van der Waals surface area contributed by atoms with Gasteiger partial charge in [0.1, 0.15) is 17.5 Å². The number of halogens is 6. The zero-order chi connectivity index (χ0) is 24.1. The molecule has 0 aliphatic heterocycles. The first-order valence-corrected chi connectivity index (χ1v) is 10.3. The lowest BCUT2D eigenvalue weighted by molar-refractivity contribution is -0.137. The van der Waals surface area contributed by atoms with Crippen LogP contribution in [0.5, 0.6) is 0 Å². The van der Waals surface area contributed by atoms with Crippen LogP contribution in [-0.2, 0) is 17.5 Å². The van der Waals surface area contributed by atoms with E-state index in [2.05, 4.69) is 5.32 Å². The van der Waals surface area contributed by atoms with Crippen LogP contribution < -0.4 is 10.2 Å². The van der Waals surface area contributed by atoms with Crippen LogP contribution in [0.4, 0.5) is 27.6 Å². The summed E-state index contributed by atoms with van der Waals surface area (Å²) in [4.78, 5) is 25.9. The van der Waals surface area contributed by atoms with E-state index in [0.29, 0.717) is 18.6 Å². The molecule has 0 heterocycles. The highest BCUT2D eigenvalue weighted by Gasteiger charge is 2.33. The molecule has 4 nitrogen and oxygen atoms in total. The number of anilines is 1. The van der Waals surface area contributed by atoms with E-state index in [1.165, 1.54) is 0 Å². The molecule has 2 amide bonds. The lowest BCUT2D eigenvalue weighted by atomic mass is 10.1. The molecule has 2 aromatic carbocycles. The van der Waals surface area contributed by atoms with Crippen molar-refractivity contribution in [1.29, 1.82) is 0 Å².